The van der Waals surface area contributed by atoms with Crippen LogP contribution in [-0.2, 0) is 0 Å². The lowest BCUT2D eigenvalue weighted by molar-refractivity contribution is 0.670. The zero-order chi connectivity index (χ0) is 29.0. The Morgan fingerprint density at radius 3 is 1.50 bits per heavy atom. The molecule has 44 heavy (non-hydrogen) atoms. The topological polar surface area (TPSA) is 16.4 Å². The highest BCUT2D eigenvalue weighted by Crippen LogP contribution is 2.50. The minimum atomic E-state index is 0.896. The number of fused-ring (bicyclic) bond motifs is 3. The number of anilines is 3. The van der Waals surface area contributed by atoms with Crippen LogP contribution in [0.5, 0.6) is 0 Å². The molecule has 0 aliphatic heterocycles. The molecule has 0 aliphatic rings. The van der Waals surface area contributed by atoms with E-state index >= 15 is 0 Å². The van der Waals surface area contributed by atoms with Gasteiger partial charge in [-0.05, 0) is 74.6 Å². The summed E-state index contributed by atoms with van der Waals surface area (Å²) in [5.41, 5.74) is 9.65. The van der Waals surface area contributed by atoms with Crippen molar-refractivity contribution in [2.45, 2.75) is 0 Å². The zero-order valence-corrected chi connectivity index (χ0v) is 23.9. The fourth-order valence-electron chi connectivity index (χ4n) is 6.82. The Labute approximate surface area is 255 Å². The molecule has 0 spiro atoms. The molecule has 0 atom stereocenters. The molecule has 0 aliphatic carbocycles. The Morgan fingerprint density at radius 1 is 0.341 bits per heavy atom. The van der Waals surface area contributed by atoms with Gasteiger partial charge in [-0.15, -0.1) is 0 Å². The summed E-state index contributed by atoms with van der Waals surface area (Å²) < 4.78 is 7.08. The van der Waals surface area contributed by atoms with E-state index in [0.29, 0.717) is 0 Å². The van der Waals surface area contributed by atoms with Gasteiger partial charge in [-0.2, -0.15) is 0 Å². The second-order valence-corrected chi connectivity index (χ2v) is 11.3. The van der Waals surface area contributed by atoms with Gasteiger partial charge in [0, 0.05) is 27.7 Å². The van der Waals surface area contributed by atoms with E-state index in [1.54, 1.807) is 0 Å². The van der Waals surface area contributed by atoms with E-state index in [-0.39, 0.29) is 0 Å². The minimum absolute atomic E-state index is 0.896. The molecule has 206 valence electrons. The van der Waals surface area contributed by atoms with Gasteiger partial charge in [0.1, 0.15) is 5.58 Å². The Kier molecular flexibility index (Phi) is 5.54. The van der Waals surface area contributed by atoms with Crippen molar-refractivity contribution < 1.29 is 4.42 Å². The van der Waals surface area contributed by atoms with Crippen molar-refractivity contribution >= 4 is 60.5 Å². The van der Waals surface area contributed by atoms with Gasteiger partial charge >= 0.3 is 0 Å². The van der Waals surface area contributed by atoms with Gasteiger partial charge in [0.05, 0.1) is 5.69 Å². The lowest BCUT2D eigenvalue weighted by Crippen LogP contribution is -2.10. The van der Waals surface area contributed by atoms with E-state index < -0.39 is 0 Å². The lowest BCUT2D eigenvalue weighted by atomic mass is 9.91. The maximum Gasteiger partial charge on any atom is 0.160 e. The molecule has 0 N–H and O–H groups in total. The maximum absolute atomic E-state index is 7.08. The van der Waals surface area contributed by atoms with E-state index in [0.717, 1.165) is 39.4 Å². The Hall–Kier alpha value is -5.86. The van der Waals surface area contributed by atoms with Crippen LogP contribution in [0.25, 0.3) is 65.7 Å². The number of rotatable bonds is 5. The van der Waals surface area contributed by atoms with Crippen LogP contribution in [0.2, 0.25) is 0 Å². The first-order valence-corrected chi connectivity index (χ1v) is 15.0. The van der Waals surface area contributed by atoms with Gasteiger partial charge in [-0.3, -0.25) is 0 Å². The van der Waals surface area contributed by atoms with Crippen LogP contribution in [0, 0.1) is 0 Å². The Morgan fingerprint density at radius 2 is 0.841 bits per heavy atom. The highest BCUT2D eigenvalue weighted by Gasteiger charge is 2.25. The molecule has 2 nitrogen and oxygen atoms in total. The summed E-state index contributed by atoms with van der Waals surface area (Å²) >= 11 is 0. The predicted molar refractivity (Wildman–Crippen MR) is 185 cm³/mol. The summed E-state index contributed by atoms with van der Waals surface area (Å²) in [6.45, 7) is 0. The van der Waals surface area contributed by atoms with Gasteiger partial charge in [0.25, 0.3) is 0 Å². The van der Waals surface area contributed by atoms with Crippen LogP contribution in [-0.4, -0.2) is 0 Å². The van der Waals surface area contributed by atoms with Crippen LogP contribution in [0.1, 0.15) is 0 Å². The standard InChI is InChI=1S/C42H27NO/c1-4-12-28(13-5-1)29-20-22-32(23-21-29)43(31-16-8-3-9-17-31)38-27-26-37-35-19-11-10-18-34(35)36-25-24-33(30-14-6-2-7-15-30)41-39(36)40(37)42(38)44-41/h1-27H. The van der Waals surface area contributed by atoms with Gasteiger partial charge < -0.3 is 9.32 Å². The number of hydrogen-bond acceptors (Lipinski definition) is 2. The fraction of sp³-hybridized carbons (Fsp3) is 0. The van der Waals surface area contributed by atoms with Crippen molar-refractivity contribution in [3.8, 4) is 22.3 Å². The van der Waals surface area contributed by atoms with Gasteiger partial charge in [-0.1, -0.05) is 127 Å². The van der Waals surface area contributed by atoms with Crippen molar-refractivity contribution in [1.82, 2.24) is 0 Å². The van der Waals surface area contributed by atoms with Crippen LogP contribution in [0.15, 0.2) is 168 Å². The summed E-state index contributed by atoms with van der Waals surface area (Å²) in [7, 11) is 0. The number of hydrogen-bond donors (Lipinski definition) is 0. The molecular weight excluding hydrogens is 534 g/mol. The molecule has 0 fully saturated rings. The first kappa shape index (κ1) is 24.7. The van der Waals surface area contributed by atoms with Crippen LogP contribution >= 0.6 is 0 Å². The average Bonchev–Trinajstić information content (AvgIpc) is 3.51. The van der Waals surface area contributed by atoms with Crippen molar-refractivity contribution in [3.05, 3.63) is 164 Å². The van der Waals surface area contributed by atoms with E-state index in [1.807, 2.05) is 0 Å². The van der Waals surface area contributed by atoms with Gasteiger partial charge in [0.15, 0.2) is 5.58 Å². The summed E-state index contributed by atoms with van der Waals surface area (Å²) in [4.78, 5) is 2.32. The van der Waals surface area contributed by atoms with Crippen LogP contribution in [0.4, 0.5) is 17.1 Å². The quantitative estimate of drug-likeness (QED) is 0.194. The maximum atomic E-state index is 7.08. The summed E-state index contributed by atoms with van der Waals surface area (Å²) in [6.07, 6.45) is 0. The molecule has 0 unspecified atom stereocenters. The Bertz CT molecular complexity index is 2410. The molecule has 0 amide bonds. The Balaban J connectivity index is 1.35. The molecule has 8 aromatic carbocycles. The van der Waals surface area contributed by atoms with Crippen molar-refractivity contribution in [2.24, 2.45) is 0 Å². The number of furan rings is 1. The second-order valence-electron chi connectivity index (χ2n) is 11.3. The minimum Gasteiger partial charge on any atom is -0.453 e. The largest absolute Gasteiger partial charge is 0.453 e. The summed E-state index contributed by atoms with van der Waals surface area (Å²) in [5.74, 6) is 0. The lowest BCUT2D eigenvalue weighted by Gasteiger charge is -2.26. The smallest absolute Gasteiger partial charge is 0.160 e. The average molecular weight is 562 g/mol. The molecule has 0 radical (unpaired) electrons. The van der Waals surface area contributed by atoms with Crippen molar-refractivity contribution in [1.29, 1.82) is 0 Å². The molecule has 0 bridgehead atoms. The molecule has 0 saturated heterocycles. The van der Waals surface area contributed by atoms with E-state index in [2.05, 4.69) is 169 Å². The van der Waals surface area contributed by atoms with E-state index in [9.17, 15) is 0 Å². The third-order valence-corrected chi connectivity index (χ3v) is 8.83. The number of benzene rings is 8. The third-order valence-electron chi connectivity index (χ3n) is 8.83. The van der Waals surface area contributed by atoms with Gasteiger partial charge in [-0.25, -0.2) is 0 Å². The third kappa shape index (κ3) is 3.75. The normalized spacial score (nSPS) is 11.6. The first-order chi connectivity index (χ1) is 21.8. The highest BCUT2D eigenvalue weighted by molar-refractivity contribution is 6.35. The molecule has 2 heteroatoms. The van der Waals surface area contributed by atoms with Crippen LogP contribution in [0.3, 0.4) is 0 Å². The number of nitrogens with zero attached hydrogens (tertiary/aromatic N) is 1. The monoisotopic (exact) mass is 561 g/mol. The van der Waals surface area contributed by atoms with E-state index in [4.69, 9.17) is 4.42 Å². The van der Waals surface area contributed by atoms with Crippen molar-refractivity contribution in [3.63, 3.8) is 0 Å². The highest BCUT2D eigenvalue weighted by atomic mass is 16.3. The second kappa shape index (κ2) is 9.86. The number of para-hydroxylation sites is 1. The van der Waals surface area contributed by atoms with Gasteiger partial charge in [0.2, 0.25) is 0 Å². The molecular formula is C42H27NO. The molecule has 0 saturated carbocycles. The summed E-state index contributed by atoms with van der Waals surface area (Å²) in [5, 5.41) is 7.28. The van der Waals surface area contributed by atoms with Crippen molar-refractivity contribution in [2.75, 3.05) is 4.90 Å². The molecule has 1 aromatic heterocycles. The zero-order valence-electron chi connectivity index (χ0n) is 23.9. The van der Waals surface area contributed by atoms with E-state index in [1.165, 1.54) is 43.4 Å². The fourth-order valence-corrected chi connectivity index (χ4v) is 6.82. The van der Waals surface area contributed by atoms with Crippen LogP contribution < -0.4 is 4.90 Å². The molecule has 9 rings (SSSR count). The summed E-state index contributed by atoms with van der Waals surface area (Å²) in [6, 6.07) is 58.2. The SMILES string of the molecule is c1ccc(-c2ccc(N(c3ccccc3)c3ccc4c5ccccc5c5ccc(-c6ccccc6)c6oc3c4c65)cc2)cc1. The predicted octanol–water partition coefficient (Wildman–Crippen LogP) is 12.1. The molecule has 1 heterocycles. The first-order valence-electron chi connectivity index (χ1n) is 15.0. The molecule has 9 aromatic rings.